The van der Waals surface area contributed by atoms with E-state index in [0.717, 1.165) is 18.5 Å². The second-order valence-corrected chi connectivity index (χ2v) is 7.80. The lowest BCUT2D eigenvalue weighted by Crippen LogP contribution is -2.43. The van der Waals surface area contributed by atoms with Gasteiger partial charge in [0.1, 0.15) is 5.76 Å². The first-order valence-electron chi connectivity index (χ1n) is 8.16. The molecule has 1 aromatic carbocycles. The van der Waals surface area contributed by atoms with E-state index in [9.17, 15) is 4.57 Å². The van der Waals surface area contributed by atoms with E-state index < -0.39 is 7.82 Å². The van der Waals surface area contributed by atoms with Gasteiger partial charge in [0.05, 0.1) is 14.2 Å². The van der Waals surface area contributed by atoms with Crippen LogP contribution in [0.25, 0.3) is 0 Å². The number of likely N-dealkylation sites (N-methyl/N-ethyl adjacent to an activating group) is 1. The van der Waals surface area contributed by atoms with Crippen molar-refractivity contribution in [2.75, 3.05) is 27.8 Å². The van der Waals surface area contributed by atoms with Crippen molar-refractivity contribution >= 4 is 7.82 Å². The summed E-state index contributed by atoms with van der Waals surface area (Å²) in [6, 6.07) is 6.07. The van der Waals surface area contributed by atoms with Crippen LogP contribution < -0.4 is 9.47 Å². The molecule has 8 heteroatoms. The molecule has 2 atom stereocenters. The predicted octanol–water partition coefficient (Wildman–Crippen LogP) is 2.43. The van der Waals surface area contributed by atoms with Crippen LogP contribution in [0.1, 0.15) is 24.8 Å². The van der Waals surface area contributed by atoms with Gasteiger partial charge in [-0.05, 0) is 50.2 Å². The van der Waals surface area contributed by atoms with Crippen LogP contribution in [0.2, 0.25) is 0 Å². The van der Waals surface area contributed by atoms with Crippen LogP contribution in [-0.4, -0.2) is 48.5 Å². The highest BCUT2D eigenvalue weighted by atomic mass is 31.2. The zero-order valence-corrected chi connectivity index (χ0v) is 15.5. The van der Waals surface area contributed by atoms with Gasteiger partial charge in [0.2, 0.25) is 0 Å². The van der Waals surface area contributed by atoms with E-state index in [2.05, 4.69) is 11.0 Å². The zero-order valence-electron chi connectivity index (χ0n) is 14.6. The molecule has 0 bridgehead atoms. The molecule has 7 nitrogen and oxygen atoms in total. The number of hydrogen-bond acceptors (Lipinski definition) is 5. The van der Waals surface area contributed by atoms with Gasteiger partial charge in [0.15, 0.2) is 11.5 Å². The number of phosphoric acid groups is 1. The average molecular weight is 369 g/mol. The molecule has 1 aliphatic heterocycles. The van der Waals surface area contributed by atoms with Crippen LogP contribution >= 0.6 is 7.82 Å². The van der Waals surface area contributed by atoms with E-state index in [1.54, 1.807) is 14.2 Å². The minimum Gasteiger partial charge on any atom is -0.493 e. The van der Waals surface area contributed by atoms with Crippen LogP contribution in [-0.2, 0) is 14.5 Å². The lowest BCUT2D eigenvalue weighted by atomic mass is 9.68. The predicted molar refractivity (Wildman–Crippen MR) is 92.7 cm³/mol. The molecule has 1 fully saturated rings. The van der Waals surface area contributed by atoms with Crippen LogP contribution in [0, 0.1) is 0 Å². The van der Waals surface area contributed by atoms with Crippen LogP contribution in [0.5, 0.6) is 11.5 Å². The van der Waals surface area contributed by atoms with Gasteiger partial charge in [-0.2, -0.15) is 0 Å². The van der Waals surface area contributed by atoms with Gasteiger partial charge in [0.25, 0.3) is 0 Å². The first-order valence-corrected chi connectivity index (χ1v) is 9.69. The fourth-order valence-corrected chi connectivity index (χ4v) is 4.56. The fraction of sp³-hybridized carbons (Fsp3) is 0.529. The van der Waals surface area contributed by atoms with Gasteiger partial charge in [0, 0.05) is 17.9 Å². The molecular weight excluding hydrogens is 345 g/mol. The van der Waals surface area contributed by atoms with Crippen molar-refractivity contribution in [3.8, 4) is 11.5 Å². The third-order valence-electron chi connectivity index (χ3n) is 5.36. The SMILES string of the molecule is COc1ccc([C@@]23CC=C(OP(=O)(O)O)C[C@@H]2N(C)CC3)cc1OC. The second kappa shape index (κ2) is 6.65. The van der Waals surface area contributed by atoms with Crippen molar-refractivity contribution in [1.82, 2.24) is 4.90 Å². The molecule has 2 aliphatic rings. The Morgan fingerprint density at radius 1 is 1.24 bits per heavy atom. The zero-order chi connectivity index (χ0) is 18.2. The normalized spacial score (nSPS) is 26.8. The van der Waals surface area contributed by atoms with Gasteiger partial charge < -0.3 is 18.9 Å². The van der Waals surface area contributed by atoms with Crippen molar-refractivity contribution in [1.29, 1.82) is 0 Å². The Bertz CT molecular complexity index is 730. The first kappa shape index (κ1) is 18.3. The van der Waals surface area contributed by atoms with E-state index in [1.165, 1.54) is 0 Å². The molecule has 1 saturated heterocycles. The van der Waals surface area contributed by atoms with E-state index in [4.69, 9.17) is 23.8 Å². The monoisotopic (exact) mass is 369 g/mol. The van der Waals surface area contributed by atoms with Crippen LogP contribution in [0.15, 0.2) is 30.0 Å². The van der Waals surface area contributed by atoms with Crippen molar-refractivity contribution < 1.29 is 28.3 Å². The average Bonchev–Trinajstić information content (AvgIpc) is 2.91. The number of fused-ring (bicyclic) bond motifs is 1. The van der Waals surface area contributed by atoms with E-state index in [-0.39, 0.29) is 11.5 Å². The maximum atomic E-state index is 11.2. The lowest BCUT2D eigenvalue weighted by molar-refractivity contribution is 0.180. The number of likely N-dealkylation sites (tertiary alicyclic amines) is 1. The first-order chi connectivity index (χ1) is 11.8. The van der Waals surface area contributed by atoms with Gasteiger partial charge >= 0.3 is 7.82 Å². The number of rotatable bonds is 5. The maximum Gasteiger partial charge on any atom is 0.524 e. The molecular formula is C17H24NO6P. The van der Waals surface area contributed by atoms with E-state index in [0.29, 0.717) is 30.1 Å². The Kier molecular flexibility index (Phi) is 4.86. The quantitative estimate of drug-likeness (QED) is 0.771. The van der Waals surface area contributed by atoms with E-state index in [1.807, 2.05) is 25.3 Å². The Hall–Kier alpha value is -1.53. The molecule has 0 radical (unpaired) electrons. The molecule has 138 valence electrons. The summed E-state index contributed by atoms with van der Waals surface area (Å²) in [5, 5.41) is 0. The number of nitrogens with zero attached hydrogens (tertiary/aromatic N) is 1. The number of phosphoric ester groups is 1. The highest BCUT2D eigenvalue weighted by Crippen LogP contribution is 2.51. The number of allylic oxidation sites excluding steroid dienone is 1. The van der Waals surface area contributed by atoms with Gasteiger partial charge in [-0.25, -0.2) is 4.57 Å². The second-order valence-electron chi connectivity index (χ2n) is 6.63. The number of methoxy groups -OCH3 is 2. The molecule has 0 spiro atoms. The van der Waals surface area contributed by atoms with Crippen molar-refractivity contribution in [2.45, 2.75) is 30.7 Å². The fourth-order valence-electron chi connectivity index (χ4n) is 4.11. The molecule has 1 heterocycles. The lowest BCUT2D eigenvalue weighted by Gasteiger charge is -2.41. The summed E-state index contributed by atoms with van der Waals surface area (Å²) >= 11 is 0. The number of ether oxygens (including phenoxy) is 2. The molecule has 3 rings (SSSR count). The molecule has 1 aliphatic carbocycles. The molecule has 0 saturated carbocycles. The van der Waals surface area contributed by atoms with Gasteiger partial charge in [-0.15, -0.1) is 0 Å². The molecule has 0 unspecified atom stereocenters. The largest absolute Gasteiger partial charge is 0.524 e. The number of benzene rings is 1. The highest BCUT2D eigenvalue weighted by Gasteiger charge is 2.49. The Morgan fingerprint density at radius 2 is 1.96 bits per heavy atom. The minimum absolute atomic E-state index is 0.108. The Balaban J connectivity index is 1.98. The molecule has 25 heavy (non-hydrogen) atoms. The third kappa shape index (κ3) is 3.42. The molecule has 2 N–H and O–H groups in total. The van der Waals surface area contributed by atoms with Crippen molar-refractivity contribution in [3.63, 3.8) is 0 Å². The standard InChI is InChI=1S/C17H24NO6P/c1-18-9-8-17(12-4-5-14(22-2)15(10-12)23-3)7-6-13(11-16(17)18)24-25(19,20)21/h4-6,10,16H,7-9,11H2,1-3H3,(H2,19,20,21)/t16-,17-/m0/s1. The third-order valence-corrected chi connectivity index (χ3v) is 5.84. The molecule has 1 aromatic rings. The smallest absolute Gasteiger partial charge is 0.493 e. The van der Waals surface area contributed by atoms with Crippen molar-refractivity contribution in [3.05, 3.63) is 35.6 Å². The van der Waals surface area contributed by atoms with Crippen LogP contribution in [0.4, 0.5) is 0 Å². The number of hydrogen-bond donors (Lipinski definition) is 2. The Labute approximate surface area is 147 Å². The summed E-state index contributed by atoms with van der Waals surface area (Å²) in [5.74, 6) is 1.73. The van der Waals surface area contributed by atoms with Gasteiger partial charge in [-0.3, -0.25) is 9.79 Å². The summed E-state index contributed by atoms with van der Waals surface area (Å²) < 4.78 is 26.8. The summed E-state index contributed by atoms with van der Waals surface area (Å²) in [6.07, 6.45) is 3.90. The maximum absolute atomic E-state index is 11.2. The topological polar surface area (TPSA) is 88.5 Å². The minimum atomic E-state index is -4.53. The van der Waals surface area contributed by atoms with Gasteiger partial charge in [-0.1, -0.05) is 6.07 Å². The summed E-state index contributed by atoms with van der Waals surface area (Å²) in [7, 11) is 0.728. The van der Waals surface area contributed by atoms with Crippen molar-refractivity contribution in [2.24, 2.45) is 0 Å². The summed E-state index contributed by atoms with van der Waals surface area (Å²) in [6.45, 7) is 0.913. The summed E-state index contributed by atoms with van der Waals surface area (Å²) in [4.78, 5) is 20.4. The summed E-state index contributed by atoms with van der Waals surface area (Å²) in [5.41, 5.74) is 1.02. The molecule has 0 aromatic heterocycles. The Morgan fingerprint density at radius 3 is 2.60 bits per heavy atom. The highest BCUT2D eigenvalue weighted by molar-refractivity contribution is 7.46. The molecule has 0 amide bonds. The van der Waals surface area contributed by atoms with Crippen LogP contribution in [0.3, 0.4) is 0 Å². The van der Waals surface area contributed by atoms with E-state index >= 15 is 0 Å².